The van der Waals surface area contributed by atoms with Gasteiger partial charge in [0, 0.05) is 40.7 Å². The summed E-state index contributed by atoms with van der Waals surface area (Å²) in [6, 6.07) is 6.28. The maximum absolute atomic E-state index is 12.4. The minimum atomic E-state index is -4.65. The monoisotopic (exact) mass is 433 g/mol. The molecule has 0 atom stereocenters. The molecule has 2 N–H and O–H groups in total. The van der Waals surface area contributed by atoms with Gasteiger partial charge in [-0.15, -0.1) is 0 Å². The van der Waals surface area contributed by atoms with Gasteiger partial charge < -0.3 is 0 Å². The number of ketones is 1. The third-order valence-electron chi connectivity index (χ3n) is 2.94. The van der Waals surface area contributed by atoms with Gasteiger partial charge in [-0.05, 0) is 36.4 Å². The molecule has 0 aliphatic heterocycles. The van der Waals surface area contributed by atoms with Crippen molar-refractivity contribution in [1.82, 2.24) is 0 Å². The molecule has 0 saturated carbocycles. The van der Waals surface area contributed by atoms with Gasteiger partial charge in [0.2, 0.25) is 0 Å². The maximum atomic E-state index is 12.4. The molecule has 0 unspecified atom stereocenters. The Kier molecular flexibility index (Phi) is 7.25. The summed E-state index contributed by atoms with van der Waals surface area (Å²) < 4.78 is 63.1. The van der Waals surface area contributed by atoms with Gasteiger partial charge in [0.05, 0.1) is 10.0 Å². The van der Waals surface area contributed by atoms with Crippen molar-refractivity contribution in [1.29, 1.82) is 0 Å². The van der Waals surface area contributed by atoms with E-state index in [0.717, 1.165) is 24.3 Å². The number of rotatable bonds is 4. The molecule has 0 spiro atoms. The molecule has 1 radical (unpaired) electrons. The zero-order valence-corrected chi connectivity index (χ0v) is 17.6. The third-order valence-corrected chi connectivity index (χ3v) is 5.61. The molecule has 0 aliphatic carbocycles. The molecule has 2 aromatic rings. The number of hydrogen-bond donors (Lipinski definition) is 2. The van der Waals surface area contributed by atoms with E-state index in [-0.39, 0.29) is 50.7 Å². The smallest absolute Gasteiger partial charge is 0.289 e. The summed E-state index contributed by atoms with van der Waals surface area (Å²) >= 11 is 11.3. The van der Waals surface area contributed by atoms with Crippen LogP contribution < -0.4 is 0 Å². The van der Waals surface area contributed by atoms with E-state index >= 15 is 0 Å². The quantitative estimate of drug-likeness (QED) is 0.430. The second-order valence-corrected chi connectivity index (χ2v) is 8.16. The average molecular weight is 434 g/mol. The Balaban J connectivity index is 0.00000312. The van der Waals surface area contributed by atoms with Crippen molar-refractivity contribution in [3.63, 3.8) is 0 Å². The second-order valence-electron chi connectivity index (χ2n) is 4.57. The first-order valence-electron chi connectivity index (χ1n) is 6.00. The van der Waals surface area contributed by atoms with Crippen LogP contribution in [0.2, 0.25) is 10.0 Å². The summed E-state index contributed by atoms with van der Waals surface area (Å²) in [4.78, 5) is 11.1. The van der Waals surface area contributed by atoms with Crippen LogP contribution in [0.15, 0.2) is 46.2 Å². The Bertz CT molecular complexity index is 967. The van der Waals surface area contributed by atoms with E-state index < -0.39 is 35.8 Å². The Hall–Kier alpha value is -0.490. The molecule has 0 aromatic heterocycles. The van der Waals surface area contributed by atoms with E-state index in [4.69, 9.17) is 32.3 Å². The molecule has 0 fully saturated rings. The number of benzene rings is 2. The van der Waals surface area contributed by atoms with Crippen molar-refractivity contribution in [3.05, 3.63) is 57.6 Å². The van der Waals surface area contributed by atoms with Crippen molar-refractivity contribution in [2.75, 3.05) is 0 Å². The van der Waals surface area contributed by atoms with E-state index in [2.05, 4.69) is 0 Å². The molecular weight excluding hydrogens is 426 g/mol. The van der Waals surface area contributed by atoms with Gasteiger partial charge in [0.15, 0.2) is 5.78 Å². The first-order chi connectivity index (χ1) is 10.9. The Morgan fingerprint density at radius 1 is 0.760 bits per heavy atom. The van der Waals surface area contributed by atoms with Crippen LogP contribution in [0.3, 0.4) is 0 Å². The molecule has 2 rings (SSSR count). The topological polar surface area (TPSA) is 126 Å². The summed E-state index contributed by atoms with van der Waals surface area (Å²) in [7, 11) is -9.30. The van der Waals surface area contributed by atoms with Crippen LogP contribution in [0.4, 0.5) is 0 Å². The van der Waals surface area contributed by atoms with Gasteiger partial charge in [0.1, 0.15) is 9.79 Å². The van der Waals surface area contributed by atoms with Crippen LogP contribution in [0.25, 0.3) is 0 Å². The van der Waals surface area contributed by atoms with Crippen molar-refractivity contribution >= 4 is 78.8 Å². The minimum Gasteiger partial charge on any atom is -0.289 e. The van der Waals surface area contributed by atoms with E-state index in [9.17, 15) is 21.6 Å². The summed E-state index contributed by atoms with van der Waals surface area (Å²) in [5, 5.41) is -0.576. The van der Waals surface area contributed by atoms with Crippen LogP contribution in [0, 0.1) is 0 Å². The van der Waals surface area contributed by atoms with E-state index in [1.165, 1.54) is 12.1 Å². The van der Waals surface area contributed by atoms with E-state index in [0.29, 0.717) is 0 Å². The van der Waals surface area contributed by atoms with Gasteiger partial charge in [-0.2, -0.15) is 16.8 Å². The first kappa shape index (κ1) is 22.6. The number of halogens is 2. The fraction of sp³-hybridized carbons (Fsp3) is 0. The van der Waals surface area contributed by atoms with Crippen LogP contribution in [-0.2, 0) is 20.2 Å². The molecule has 2 aromatic carbocycles. The van der Waals surface area contributed by atoms with E-state index in [1.54, 1.807) is 0 Å². The SMILES string of the molecule is O=C(c1ccc(Cl)c(S(=O)(=O)O)c1)c1ccc(Cl)c(S(=O)(=O)O)c1.[Na]. The van der Waals surface area contributed by atoms with Crippen molar-refractivity contribution in [3.8, 4) is 0 Å². The van der Waals surface area contributed by atoms with Crippen molar-refractivity contribution < 1.29 is 30.7 Å². The minimum absolute atomic E-state index is 0. The Morgan fingerprint density at radius 2 is 1.08 bits per heavy atom. The van der Waals surface area contributed by atoms with Gasteiger partial charge in [-0.3, -0.25) is 13.9 Å². The fourth-order valence-corrected chi connectivity index (χ4v) is 3.85. The van der Waals surface area contributed by atoms with Gasteiger partial charge in [-0.25, -0.2) is 0 Å². The maximum Gasteiger partial charge on any atom is 0.296 e. The van der Waals surface area contributed by atoms with Gasteiger partial charge in [-0.1, -0.05) is 23.2 Å². The predicted molar refractivity (Wildman–Crippen MR) is 91.7 cm³/mol. The standard InChI is InChI=1S/C13H8Cl2O7S2.Na/c14-9-3-1-7(5-11(9)23(17,18)19)13(16)8-2-4-10(15)12(6-8)24(20,21)22;/h1-6H,(H,17,18,19)(H,20,21,22);. The molecule has 7 nitrogen and oxygen atoms in total. The fourth-order valence-electron chi connectivity index (χ4n) is 1.85. The van der Waals surface area contributed by atoms with Crippen molar-refractivity contribution in [2.24, 2.45) is 0 Å². The Labute approximate surface area is 175 Å². The van der Waals surface area contributed by atoms with Crippen LogP contribution in [-0.4, -0.2) is 61.3 Å². The van der Waals surface area contributed by atoms with Crippen LogP contribution >= 0.6 is 23.2 Å². The summed E-state index contributed by atoms with van der Waals surface area (Å²) in [5.74, 6) is -0.766. The summed E-state index contributed by atoms with van der Waals surface area (Å²) in [5.41, 5.74) is -0.341. The van der Waals surface area contributed by atoms with Gasteiger partial charge >= 0.3 is 0 Å². The van der Waals surface area contributed by atoms with Gasteiger partial charge in [0.25, 0.3) is 20.2 Å². The Morgan fingerprint density at radius 3 is 1.36 bits per heavy atom. The normalized spacial score (nSPS) is 11.7. The third kappa shape index (κ3) is 5.25. The molecule has 129 valence electrons. The molecule has 12 heteroatoms. The largest absolute Gasteiger partial charge is 0.296 e. The molecule has 0 saturated heterocycles. The summed E-state index contributed by atoms with van der Waals surface area (Å²) in [6.07, 6.45) is 0. The zero-order valence-electron chi connectivity index (χ0n) is 12.5. The summed E-state index contributed by atoms with van der Waals surface area (Å²) in [6.45, 7) is 0. The first-order valence-corrected chi connectivity index (χ1v) is 9.63. The van der Waals surface area contributed by atoms with Crippen molar-refractivity contribution in [2.45, 2.75) is 9.79 Å². The molecule has 0 bridgehead atoms. The number of hydrogen-bond acceptors (Lipinski definition) is 5. The molecule has 0 amide bonds. The molecular formula is C13H8Cl2NaO7S2. The average Bonchev–Trinajstić information content (AvgIpc) is 2.45. The number of carbonyl (C=O) groups excluding carboxylic acids is 1. The zero-order chi connectivity index (χ0) is 18.3. The van der Waals surface area contributed by atoms with Crippen LogP contribution in [0.5, 0.6) is 0 Å². The van der Waals surface area contributed by atoms with Crippen LogP contribution in [0.1, 0.15) is 15.9 Å². The molecule has 0 heterocycles. The number of carbonyl (C=O) groups is 1. The predicted octanol–water partition coefficient (Wildman–Crippen LogP) is 2.34. The molecule has 0 aliphatic rings. The van der Waals surface area contributed by atoms with E-state index in [1.807, 2.05) is 0 Å². The molecule has 25 heavy (non-hydrogen) atoms. The second kappa shape index (κ2) is 8.03.